The molecule has 3 aromatic rings. The molecule has 0 saturated heterocycles. The van der Waals surface area contributed by atoms with Crippen LogP contribution < -0.4 is 11.5 Å². The zero-order chi connectivity index (χ0) is 15.0. The van der Waals surface area contributed by atoms with Crippen LogP contribution >= 0.6 is 12.2 Å². The summed E-state index contributed by atoms with van der Waals surface area (Å²) in [6.07, 6.45) is 3.18. The zero-order valence-corrected chi connectivity index (χ0v) is 11.8. The number of halogens is 1. The maximum Gasteiger partial charge on any atom is 0.146 e. The SMILES string of the molecule is NC(=S)c1cn(Cc2ccc(F)cc2)c2ncnc(N)c12. The van der Waals surface area contributed by atoms with Crippen LogP contribution in [0.5, 0.6) is 0 Å². The fraction of sp³-hybridized carbons (Fsp3) is 0.0714. The Labute approximate surface area is 125 Å². The average molecular weight is 301 g/mol. The van der Waals surface area contributed by atoms with Crippen molar-refractivity contribution in [3.63, 3.8) is 0 Å². The lowest BCUT2D eigenvalue weighted by Crippen LogP contribution is -2.09. The smallest absolute Gasteiger partial charge is 0.146 e. The number of nitrogen functional groups attached to an aromatic ring is 1. The van der Waals surface area contributed by atoms with Crippen LogP contribution in [0.4, 0.5) is 10.2 Å². The maximum atomic E-state index is 13.0. The van der Waals surface area contributed by atoms with E-state index in [2.05, 4.69) is 9.97 Å². The first kappa shape index (κ1) is 13.4. The van der Waals surface area contributed by atoms with E-state index in [4.69, 9.17) is 23.7 Å². The van der Waals surface area contributed by atoms with Crippen molar-refractivity contribution in [2.24, 2.45) is 5.73 Å². The number of rotatable bonds is 3. The van der Waals surface area contributed by atoms with E-state index in [0.717, 1.165) is 5.56 Å². The fourth-order valence-electron chi connectivity index (χ4n) is 2.24. The molecule has 0 atom stereocenters. The summed E-state index contributed by atoms with van der Waals surface area (Å²) in [4.78, 5) is 8.45. The second-order valence-electron chi connectivity index (χ2n) is 4.62. The third-order valence-corrected chi connectivity index (χ3v) is 3.43. The Bertz CT molecular complexity index is 825. The van der Waals surface area contributed by atoms with Gasteiger partial charge in [0, 0.05) is 18.3 Å². The number of aromatic nitrogens is 3. The van der Waals surface area contributed by atoms with Gasteiger partial charge in [-0.25, -0.2) is 14.4 Å². The van der Waals surface area contributed by atoms with E-state index in [1.807, 2.05) is 4.57 Å². The fourth-order valence-corrected chi connectivity index (χ4v) is 2.40. The van der Waals surface area contributed by atoms with Crippen LogP contribution in [0.15, 0.2) is 36.8 Å². The molecule has 2 aromatic heterocycles. The Balaban J connectivity index is 2.12. The lowest BCUT2D eigenvalue weighted by atomic mass is 10.2. The van der Waals surface area contributed by atoms with Crippen LogP contribution in [-0.2, 0) is 6.54 Å². The first-order chi connectivity index (χ1) is 10.1. The molecule has 3 rings (SSSR count). The van der Waals surface area contributed by atoms with Crippen molar-refractivity contribution in [2.45, 2.75) is 6.54 Å². The zero-order valence-electron chi connectivity index (χ0n) is 11.0. The number of hydrogen-bond donors (Lipinski definition) is 2. The molecule has 0 aliphatic heterocycles. The quantitative estimate of drug-likeness (QED) is 0.721. The summed E-state index contributed by atoms with van der Waals surface area (Å²) in [5, 5.41) is 0.645. The van der Waals surface area contributed by atoms with Crippen molar-refractivity contribution < 1.29 is 4.39 Å². The minimum absolute atomic E-state index is 0.236. The monoisotopic (exact) mass is 301 g/mol. The Morgan fingerprint density at radius 2 is 1.95 bits per heavy atom. The van der Waals surface area contributed by atoms with Crippen molar-refractivity contribution in [1.82, 2.24) is 14.5 Å². The number of fused-ring (bicyclic) bond motifs is 1. The highest BCUT2D eigenvalue weighted by molar-refractivity contribution is 7.80. The minimum atomic E-state index is -0.272. The molecule has 0 aliphatic carbocycles. The molecule has 7 heteroatoms. The summed E-state index contributed by atoms with van der Waals surface area (Å²) < 4.78 is 14.8. The Morgan fingerprint density at radius 3 is 2.62 bits per heavy atom. The number of benzene rings is 1. The van der Waals surface area contributed by atoms with E-state index in [-0.39, 0.29) is 10.8 Å². The van der Waals surface area contributed by atoms with Gasteiger partial charge in [-0.05, 0) is 17.7 Å². The molecule has 0 radical (unpaired) electrons. The molecular weight excluding hydrogens is 289 g/mol. The molecule has 1 aromatic carbocycles. The van der Waals surface area contributed by atoms with E-state index in [1.54, 1.807) is 18.3 Å². The lowest BCUT2D eigenvalue weighted by Gasteiger charge is -2.05. The number of nitrogens with zero attached hydrogens (tertiary/aromatic N) is 3. The van der Waals surface area contributed by atoms with Crippen molar-refractivity contribution >= 4 is 34.1 Å². The Kier molecular flexibility index (Phi) is 3.26. The predicted molar refractivity (Wildman–Crippen MR) is 83.3 cm³/mol. The van der Waals surface area contributed by atoms with Gasteiger partial charge in [-0.15, -0.1) is 0 Å². The van der Waals surface area contributed by atoms with Crippen LogP contribution in [0.3, 0.4) is 0 Å². The van der Waals surface area contributed by atoms with Gasteiger partial charge in [0.05, 0.1) is 5.39 Å². The molecular formula is C14H12FN5S. The van der Waals surface area contributed by atoms with Gasteiger partial charge in [0.2, 0.25) is 0 Å². The first-order valence-electron chi connectivity index (χ1n) is 6.20. The van der Waals surface area contributed by atoms with Crippen LogP contribution in [-0.4, -0.2) is 19.5 Å². The van der Waals surface area contributed by atoms with Gasteiger partial charge in [-0.1, -0.05) is 24.4 Å². The maximum absolute atomic E-state index is 13.0. The molecule has 2 heterocycles. The number of thiocarbonyl (C=S) groups is 1. The third-order valence-electron chi connectivity index (χ3n) is 3.21. The first-order valence-corrected chi connectivity index (χ1v) is 6.60. The number of hydrogen-bond acceptors (Lipinski definition) is 4. The number of anilines is 1. The van der Waals surface area contributed by atoms with Gasteiger partial charge in [0.25, 0.3) is 0 Å². The van der Waals surface area contributed by atoms with Crippen LogP contribution in [0.2, 0.25) is 0 Å². The van der Waals surface area contributed by atoms with Crippen LogP contribution in [0.25, 0.3) is 11.0 Å². The Hall–Kier alpha value is -2.54. The molecule has 0 unspecified atom stereocenters. The minimum Gasteiger partial charge on any atom is -0.389 e. The van der Waals surface area contributed by atoms with Crippen LogP contribution in [0.1, 0.15) is 11.1 Å². The molecule has 0 saturated carbocycles. The van der Waals surface area contributed by atoms with Crippen molar-refractivity contribution in [3.05, 3.63) is 53.7 Å². The topological polar surface area (TPSA) is 82.8 Å². The highest BCUT2D eigenvalue weighted by Gasteiger charge is 2.15. The predicted octanol–water partition coefficient (Wildman–Crippen LogP) is 1.84. The third kappa shape index (κ3) is 2.43. The van der Waals surface area contributed by atoms with Gasteiger partial charge in [-0.2, -0.15) is 0 Å². The lowest BCUT2D eigenvalue weighted by molar-refractivity contribution is 0.626. The van der Waals surface area contributed by atoms with E-state index in [1.165, 1.54) is 18.5 Å². The van der Waals surface area contributed by atoms with Gasteiger partial charge >= 0.3 is 0 Å². The van der Waals surface area contributed by atoms with Crippen molar-refractivity contribution in [2.75, 3.05) is 5.73 Å². The molecule has 21 heavy (non-hydrogen) atoms. The second-order valence-corrected chi connectivity index (χ2v) is 5.06. The molecule has 0 aliphatic rings. The van der Waals surface area contributed by atoms with Gasteiger partial charge in [0.15, 0.2) is 0 Å². The highest BCUT2D eigenvalue weighted by Crippen LogP contribution is 2.24. The molecule has 5 nitrogen and oxygen atoms in total. The average Bonchev–Trinajstić information content (AvgIpc) is 2.82. The van der Waals surface area contributed by atoms with E-state index in [9.17, 15) is 4.39 Å². The molecule has 0 spiro atoms. The van der Waals surface area contributed by atoms with Gasteiger partial charge < -0.3 is 16.0 Å². The summed E-state index contributed by atoms with van der Waals surface area (Å²) in [5.41, 5.74) is 13.8. The summed E-state index contributed by atoms with van der Waals surface area (Å²) >= 11 is 5.05. The highest BCUT2D eigenvalue weighted by atomic mass is 32.1. The normalized spacial score (nSPS) is 10.9. The Morgan fingerprint density at radius 1 is 1.24 bits per heavy atom. The number of nitrogens with two attached hydrogens (primary N) is 2. The van der Waals surface area contributed by atoms with E-state index < -0.39 is 0 Å². The van der Waals surface area contributed by atoms with Crippen molar-refractivity contribution in [3.8, 4) is 0 Å². The second kappa shape index (κ2) is 5.10. The standard InChI is InChI=1S/C14H12FN5S/c15-9-3-1-8(2-4-9)5-20-6-10(13(17)21)11-12(16)18-7-19-14(11)20/h1-4,6-7H,5H2,(H2,17,21)(H2,16,18,19). The van der Waals surface area contributed by atoms with E-state index >= 15 is 0 Å². The summed E-state index contributed by atoms with van der Waals surface area (Å²) in [7, 11) is 0. The van der Waals surface area contributed by atoms with Crippen molar-refractivity contribution in [1.29, 1.82) is 0 Å². The van der Waals surface area contributed by atoms with E-state index in [0.29, 0.717) is 29.0 Å². The molecule has 0 bridgehead atoms. The summed E-state index contributed by atoms with van der Waals surface area (Å²) in [6, 6.07) is 6.26. The molecule has 4 N–H and O–H groups in total. The summed E-state index contributed by atoms with van der Waals surface area (Å²) in [6.45, 7) is 0.510. The molecule has 0 fully saturated rings. The summed E-state index contributed by atoms with van der Waals surface area (Å²) in [5.74, 6) is 0.0622. The largest absolute Gasteiger partial charge is 0.389 e. The molecule has 106 valence electrons. The van der Waals surface area contributed by atoms with Gasteiger partial charge in [-0.3, -0.25) is 0 Å². The van der Waals surface area contributed by atoms with Gasteiger partial charge in [0.1, 0.15) is 28.6 Å². The van der Waals surface area contributed by atoms with Crippen LogP contribution in [0, 0.1) is 5.82 Å². The molecule has 0 amide bonds.